The van der Waals surface area contributed by atoms with Crippen LogP contribution in [0.15, 0.2) is 18.2 Å². The van der Waals surface area contributed by atoms with Crippen molar-refractivity contribution in [2.75, 3.05) is 31.6 Å². The van der Waals surface area contributed by atoms with Crippen LogP contribution in [0, 0.1) is 0 Å². The van der Waals surface area contributed by atoms with E-state index in [4.69, 9.17) is 11.6 Å². The molecular weight excluding hydrogens is 248 g/mol. The molecule has 1 atom stereocenters. The number of aliphatic hydroxyl groups is 1. The lowest BCUT2D eigenvalue weighted by atomic mass is 10.1. The average Bonchev–Trinajstić information content (AvgIpc) is 2.40. The molecule has 1 aliphatic rings. The Morgan fingerprint density at radius 3 is 2.67 bits per heavy atom. The number of benzene rings is 1. The number of nitrogens with zero attached hydrogens (tertiary/aromatic N) is 1. The van der Waals surface area contributed by atoms with Crippen molar-refractivity contribution in [1.29, 1.82) is 0 Å². The number of likely N-dealkylation sites (N-methyl/N-ethyl adjacent to an activating group) is 1. The summed E-state index contributed by atoms with van der Waals surface area (Å²) >= 11 is 6.33. The highest BCUT2D eigenvalue weighted by atomic mass is 35.5. The van der Waals surface area contributed by atoms with Crippen molar-refractivity contribution in [2.24, 2.45) is 0 Å². The molecule has 1 fully saturated rings. The Bertz CT molecular complexity index is 391. The van der Waals surface area contributed by atoms with Gasteiger partial charge in [-0.3, -0.25) is 0 Å². The van der Waals surface area contributed by atoms with Crippen LogP contribution in [0.3, 0.4) is 0 Å². The lowest BCUT2D eigenvalue weighted by Crippen LogP contribution is -2.29. The number of hydrogen-bond donors (Lipinski definition) is 2. The second-order valence-electron chi connectivity index (χ2n) is 4.83. The number of halogens is 1. The molecule has 18 heavy (non-hydrogen) atoms. The number of aliphatic hydroxyl groups excluding tert-OH is 1. The van der Waals surface area contributed by atoms with Gasteiger partial charge in [0.1, 0.15) is 0 Å². The molecule has 0 radical (unpaired) electrons. The van der Waals surface area contributed by atoms with Gasteiger partial charge in [-0.25, -0.2) is 0 Å². The standard InChI is InChI=1S/C14H21ClN2O/c1-16-10-14(18)11-5-6-13(12(15)9-11)17-7-3-2-4-8-17/h5-6,9,14,16,18H,2-4,7-8,10H2,1H3. The molecule has 1 aliphatic heterocycles. The minimum atomic E-state index is -0.497. The zero-order valence-corrected chi connectivity index (χ0v) is 11.6. The molecule has 0 spiro atoms. The summed E-state index contributed by atoms with van der Waals surface area (Å²) in [5.74, 6) is 0. The monoisotopic (exact) mass is 268 g/mol. The van der Waals surface area contributed by atoms with Gasteiger partial charge in [0.25, 0.3) is 0 Å². The van der Waals surface area contributed by atoms with E-state index in [1.54, 1.807) is 0 Å². The zero-order valence-electron chi connectivity index (χ0n) is 10.8. The third kappa shape index (κ3) is 3.16. The lowest BCUT2D eigenvalue weighted by molar-refractivity contribution is 0.178. The van der Waals surface area contributed by atoms with Crippen LogP contribution in [0.5, 0.6) is 0 Å². The van der Waals surface area contributed by atoms with E-state index in [-0.39, 0.29) is 0 Å². The number of hydrogen-bond acceptors (Lipinski definition) is 3. The van der Waals surface area contributed by atoms with E-state index < -0.39 is 6.10 Å². The maximum absolute atomic E-state index is 9.91. The van der Waals surface area contributed by atoms with Crippen LogP contribution in [-0.2, 0) is 0 Å². The van der Waals surface area contributed by atoms with Gasteiger partial charge in [-0.2, -0.15) is 0 Å². The predicted octanol–water partition coefficient (Wildman–Crippen LogP) is 2.58. The van der Waals surface area contributed by atoms with E-state index in [9.17, 15) is 5.11 Å². The summed E-state index contributed by atoms with van der Waals surface area (Å²) in [6.45, 7) is 2.70. The fraction of sp³-hybridized carbons (Fsp3) is 0.571. The molecular formula is C14H21ClN2O. The summed E-state index contributed by atoms with van der Waals surface area (Å²) in [6, 6.07) is 5.88. The average molecular weight is 269 g/mol. The normalized spacial score (nSPS) is 17.8. The first kappa shape index (κ1) is 13.7. The number of rotatable bonds is 4. The molecule has 0 aromatic heterocycles. The maximum Gasteiger partial charge on any atom is 0.0914 e. The van der Waals surface area contributed by atoms with E-state index in [1.165, 1.54) is 19.3 Å². The van der Waals surface area contributed by atoms with Gasteiger partial charge in [-0.1, -0.05) is 17.7 Å². The third-order valence-electron chi connectivity index (χ3n) is 3.45. The van der Waals surface area contributed by atoms with Crippen LogP contribution in [0.1, 0.15) is 30.9 Å². The van der Waals surface area contributed by atoms with E-state index in [1.807, 2.05) is 25.2 Å². The Morgan fingerprint density at radius 2 is 2.06 bits per heavy atom. The first-order valence-electron chi connectivity index (χ1n) is 6.59. The highest BCUT2D eigenvalue weighted by Crippen LogP contribution is 2.30. The molecule has 0 amide bonds. The first-order valence-corrected chi connectivity index (χ1v) is 6.97. The molecule has 1 heterocycles. The van der Waals surface area contributed by atoms with Gasteiger partial charge >= 0.3 is 0 Å². The summed E-state index contributed by atoms with van der Waals surface area (Å²) in [5.41, 5.74) is 1.96. The Hall–Kier alpha value is -0.770. The molecule has 2 rings (SSSR count). The Balaban J connectivity index is 2.13. The van der Waals surface area contributed by atoms with Crippen LogP contribution in [-0.4, -0.2) is 31.8 Å². The fourth-order valence-corrected chi connectivity index (χ4v) is 2.74. The highest BCUT2D eigenvalue weighted by Gasteiger charge is 2.15. The summed E-state index contributed by atoms with van der Waals surface area (Å²) in [5, 5.41) is 13.6. The van der Waals surface area contributed by atoms with Gasteiger partial charge in [0, 0.05) is 19.6 Å². The molecule has 0 bridgehead atoms. The molecule has 1 unspecified atom stereocenters. The second-order valence-corrected chi connectivity index (χ2v) is 5.24. The molecule has 0 aliphatic carbocycles. The zero-order chi connectivity index (χ0) is 13.0. The Morgan fingerprint density at radius 1 is 1.33 bits per heavy atom. The Labute approximate surface area is 114 Å². The molecule has 0 saturated carbocycles. The minimum Gasteiger partial charge on any atom is -0.387 e. The van der Waals surface area contributed by atoms with Crippen molar-refractivity contribution in [3.63, 3.8) is 0 Å². The number of piperidine rings is 1. The van der Waals surface area contributed by atoms with Crippen LogP contribution in [0.4, 0.5) is 5.69 Å². The van der Waals surface area contributed by atoms with E-state index >= 15 is 0 Å². The predicted molar refractivity (Wildman–Crippen MR) is 76.4 cm³/mol. The van der Waals surface area contributed by atoms with Gasteiger partial charge < -0.3 is 15.3 Å². The van der Waals surface area contributed by atoms with Crippen LogP contribution >= 0.6 is 11.6 Å². The van der Waals surface area contributed by atoms with Gasteiger partial charge in [-0.15, -0.1) is 0 Å². The summed E-state index contributed by atoms with van der Waals surface area (Å²) in [4.78, 5) is 2.33. The highest BCUT2D eigenvalue weighted by molar-refractivity contribution is 6.33. The van der Waals surface area contributed by atoms with Gasteiger partial charge in [0.15, 0.2) is 0 Å². The summed E-state index contributed by atoms with van der Waals surface area (Å²) < 4.78 is 0. The molecule has 3 nitrogen and oxygen atoms in total. The topological polar surface area (TPSA) is 35.5 Å². The van der Waals surface area contributed by atoms with Crippen LogP contribution in [0.25, 0.3) is 0 Å². The molecule has 1 aromatic carbocycles. The fourth-order valence-electron chi connectivity index (χ4n) is 2.43. The minimum absolute atomic E-state index is 0.497. The third-order valence-corrected chi connectivity index (χ3v) is 3.75. The van der Waals surface area contributed by atoms with E-state index in [0.717, 1.165) is 29.4 Å². The van der Waals surface area contributed by atoms with Gasteiger partial charge in [-0.05, 0) is 44.0 Å². The molecule has 1 saturated heterocycles. The molecule has 100 valence electrons. The van der Waals surface area contributed by atoms with Crippen molar-refractivity contribution in [3.05, 3.63) is 28.8 Å². The smallest absolute Gasteiger partial charge is 0.0914 e. The van der Waals surface area contributed by atoms with Crippen molar-refractivity contribution in [3.8, 4) is 0 Å². The largest absolute Gasteiger partial charge is 0.387 e. The number of nitrogens with one attached hydrogen (secondary N) is 1. The SMILES string of the molecule is CNCC(O)c1ccc(N2CCCCC2)c(Cl)c1. The van der Waals surface area contributed by atoms with Crippen molar-refractivity contribution in [2.45, 2.75) is 25.4 Å². The summed E-state index contributed by atoms with van der Waals surface area (Å²) in [7, 11) is 1.83. The quantitative estimate of drug-likeness (QED) is 0.881. The van der Waals surface area contributed by atoms with Crippen molar-refractivity contribution in [1.82, 2.24) is 5.32 Å². The van der Waals surface area contributed by atoms with E-state index in [0.29, 0.717) is 6.54 Å². The maximum atomic E-state index is 9.91. The second kappa shape index (κ2) is 6.41. The van der Waals surface area contributed by atoms with Crippen LogP contribution < -0.4 is 10.2 Å². The summed E-state index contributed by atoms with van der Waals surface area (Å²) in [6.07, 6.45) is 3.29. The molecule has 1 aromatic rings. The number of anilines is 1. The Kier molecular flexibility index (Phi) is 4.87. The van der Waals surface area contributed by atoms with Gasteiger partial charge in [0.05, 0.1) is 16.8 Å². The first-order chi connectivity index (χ1) is 8.72. The van der Waals surface area contributed by atoms with Crippen LogP contribution in [0.2, 0.25) is 5.02 Å². The molecule has 2 N–H and O–H groups in total. The van der Waals surface area contributed by atoms with Crippen molar-refractivity contribution >= 4 is 17.3 Å². The van der Waals surface area contributed by atoms with Crippen molar-refractivity contribution < 1.29 is 5.11 Å². The van der Waals surface area contributed by atoms with E-state index in [2.05, 4.69) is 10.2 Å². The lowest BCUT2D eigenvalue weighted by Gasteiger charge is -2.30. The van der Waals surface area contributed by atoms with Gasteiger partial charge in [0.2, 0.25) is 0 Å². The molecule has 4 heteroatoms.